The summed E-state index contributed by atoms with van der Waals surface area (Å²) in [6.07, 6.45) is 8.04. The van der Waals surface area contributed by atoms with Gasteiger partial charge in [0.15, 0.2) is 0 Å². The van der Waals surface area contributed by atoms with E-state index >= 15 is 0 Å². The normalized spacial score (nSPS) is 16.5. The molecule has 0 atom stereocenters. The first-order chi connectivity index (χ1) is 11.8. The number of anilines is 1. The highest BCUT2D eigenvalue weighted by atomic mass is 15.2. The third-order valence-corrected chi connectivity index (χ3v) is 4.54. The van der Waals surface area contributed by atoms with Crippen LogP contribution >= 0.6 is 0 Å². The topological polar surface area (TPSA) is 58.4 Å². The van der Waals surface area contributed by atoms with Gasteiger partial charge in [0.1, 0.15) is 17.8 Å². The second-order valence-electron chi connectivity index (χ2n) is 6.44. The average Bonchev–Trinajstić information content (AvgIpc) is 2.99. The highest BCUT2D eigenvalue weighted by Crippen LogP contribution is 2.17. The van der Waals surface area contributed by atoms with Gasteiger partial charge in [-0.3, -0.25) is 4.90 Å². The molecule has 1 saturated heterocycles. The third kappa shape index (κ3) is 3.38. The van der Waals surface area contributed by atoms with Gasteiger partial charge in [-0.05, 0) is 31.9 Å². The molecular formula is C18H22N6. The lowest BCUT2D eigenvalue weighted by atomic mass is 10.0. The summed E-state index contributed by atoms with van der Waals surface area (Å²) in [7, 11) is 0. The first kappa shape index (κ1) is 15.1. The van der Waals surface area contributed by atoms with Crippen LogP contribution in [0.3, 0.4) is 0 Å². The third-order valence-electron chi connectivity index (χ3n) is 4.54. The molecule has 3 aromatic heterocycles. The van der Waals surface area contributed by atoms with E-state index in [0.717, 1.165) is 55.3 Å². The number of rotatable bonds is 4. The van der Waals surface area contributed by atoms with Crippen LogP contribution in [-0.2, 0) is 6.54 Å². The van der Waals surface area contributed by atoms with Crippen LogP contribution in [-0.4, -0.2) is 43.4 Å². The fourth-order valence-corrected chi connectivity index (χ4v) is 3.27. The Morgan fingerprint density at radius 3 is 2.88 bits per heavy atom. The van der Waals surface area contributed by atoms with Crippen LogP contribution in [0.2, 0.25) is 0 Å². The van der Waals surface area contributed by atoms with E-state index in [1.165, 1.54) is 0 Å². The van der Waals surface area contributed by atoms with Crippen molar-refractivity contribution in [3.63, 3.8) is 0 Å². The van der Waals surface area contributed by atoms with Gasteiger partial charge in [-0.2, -0.15) is 0 Å². The number of hydrogen-bond donors (Lipinski definition) is 1. The van der Waals surface area contributed by atoms with Gasteiger partial charge in [0.05, 0.1) is 5.69 Å². The van der Waals surface area contributed by atoms with Crippen LogP contribution in [0.15, 0.2) is 43.0 Å². The Morgan fingerprint density at radius 1 is 1.21 bits per heavy atom. The van der Waals surface area contributed by atoms with Crippen molar-refractivity contribution in [3.05, 3.63) is 54.4 Å². The van der Waals surface area contributed by atoms with E-state index < -0.39 is 0 Å². The van der Waals surface area contributed by atoms with Crippen molar-refractivity contribution >= 4 is 11.5 Å². The summed E-state index contributed by atoms with van der Waals surface area (Å²) in [5.41, 5.74) is 3.15. The average molecular weight is 322 g/mol. The van der Waals surface area contributed by atoms with E-state index in [9.17, 15) is 0 Å². The molecule has 1 aliphatic rings. The zero-order valence-electron chi connectivity index (χ0n) is 13.9. The monoisotopic (exact) mass is 322 g/mol. The van der Waals surface area contributed by atoms with Gasteiger partial charge >= 0.3 is 0 Å². The molecule has 6 nitrogen and oxygen atoms in total. The molecule has 4 rings (SSSR count). The Morgan fingerprint density at radius 2 is 2.08 bits per heavy atom. The van der Waals surface area contributed by atoms with Crippen molar-refractivity contribution in [1.82, 2.24) is 24.3 Å². The van der Waals surface area contributed by atoms with Crippen molar-refractivity contribution in [2.45, 2.75) is 32.4 Å². The number of fused-ring (bicyclic) bond motifs is 1. The summed E-state index contributed by atoms with van der Waals surface area (Å²) >= 11 is 0. The van der Waals surface area contributed by atoms with E-state index in [1.54, 1.807) is 6.33 Å². The summed E-state index contributed by atoms with van der Waals surface area (Å²) in [6.45, 7) is 5.07. The van der Waals surface area contributed by atoms with Crippen LogP contribution in [0, 0.1) is 6.92 Å². The van der Waals surface area contributed by atoms with Crippen LogP contribution in [0.4, 0.5) is 5.82 Å². The molecule has 0 spiro atoms. The standard InChI is InChI=1S/C18H22N6/c1-14-10-17(20-13-19-14)21-15-5-8-23(9-6-15)11-16-12-24-7-3-2-4-18(24)22-16/h2-4,7,10,12-13,15H,5-6,8-9,11H2,1H3,(H,19,20,21). The molecule has 0 saturated carbocycles. The lowest BCUT2D eigenvalue weighted by Crippen LogP contribution is -2.38. The maximum Gasteiger partial charge on any atom is 0.137 e. The van der Waals surface area contributed by atoms with E-state index in [2.05, 4.69) is 30.8 Å². The van der Waals surface area contributed by atoms with E-state index in [1.807, 2.05) is 37.4 Å². The number of imidazole rings is 1. The minimum Gasteiger partial charge on any atom is -0.367 e. The molecule has 0 bridgehead atoms. The first-order valence-corrected chi connectivity index (χ1v) is 8.46. The summed E-state index contributed by atoms with van der Waals surface area (Å²) in [5.74, 6) is 0.932. The van der Waals surface area contributed by atoms with Crippen molar-refractivity contribution in [1.29, 1.82) is 0 Å². The van der Waals surface area contributed by atoms with Crippen molar-refractivity contribution in [2.75, 3.05) is 18.4 Å². The number of nitrogens with zero attached hydrogens (tertiary/aromatic N) is 5. The molecular weight excluding hydrogens is 300 g/mol. The lowest BCUT2D eigenvalue weighted by Gasteiger charge is -2.32. The van der Waals surface area contributed by atoms with Gasteiger partial charge < -0.3 is 9.72 Å². The molecule has 1 fully saturated rings. The summed E-state index contributed by atoms with van der Waals surface area (Å²) in [5, 5.41) is 3.53. The summed E-state index contributed by atoms with van der Waals surface area (Å²) in [6, 6.07) is 8.59. The van der Waals surface area contributed by atoms with Gasteiger partial charge in [0.2, 0.25) is 0 Å². The molecule has 0 amide bonds. The Bertz CT molecular complexity index is 786. The molecule has 0 radical (unpaired) electrons. The van der Waals surface area contributed by atoms with Crippen molar-refractivity contribution in [3.8, 4) is 0 Å². The molecule has 0 unspecified atom stereocenters. The van der Waals surface area contributed by atoms with Gasteiger partial charge in [0.25, 0.3) is 0 Å². The predicted octanol–water partition coefficient (Wildman–Crippen LogP) is 2.51. The number of piperidine rings is 1. The smallest absolute Gasteiger partial charge is 0.137 e. The zero-order chi connectivity index (χ0) is 16.4. The first-order valence-electron chi connectivity index (χ1n) is 8.46. The summed E-state index contributed by atoms with van der Waals surface area (Å²) < 4.78 is 2.08. The number of pyridine rings is 1. The maximum absolute atomic E-state index is 4.69. The fraction of sp³-hybridized carbons (Fsp3) is 0.389. The number of aromatic nitrogens is 4. The quantitative estimate of drug-likeness (QED) is 0.800. The van der Waals surface area contributed by atoms with Crippen molar-refractivity contribution in [2.24, 2.45) is 0 Å². The van der Waals surface area contributed by atoms with E-state index in [4.69, 9.17) is 4.98 Å². The zero-order valence-corrected chi connectivity index (χ0v) is 13.9. The Balaban J connectivity index is 1.32. The Labute approximate surface area is 141 Å². The van der Waals surface area contributed by atoms with E-state index in [0.29, 0.717) is 6.04 Å². The second kappa shape index (κ2) is 6.57. The lowest BCUT2D eigenvalue weighted by molar-refractivity contribution is 0.209. The largest absolute Gasteiger partial charge is 0.367 e. The van der Waals surface area contributed by atoms with Gasteiger partial charge in [-0.1, -0.05) is 6.07 Å². The number of nitrogens with one attached hydrogen (secondary N) is 1. The number of likely N-dealkylation sites (tertiary alicyclic amines) is 1. The molecule has 3 aromatic rings. The molecule has 6 heteroatoms. The van der Waals surface area contributed by atoms with Crippen molar-refractivity contribution < 1.29 is 0 Å². The molecule has 0 aromatic carbocycles. The van der Waals surface area contributed by atoms with Crippen LogP contribution in [0.25, 0.3) is 5.65 Å². The fourth-order valence-electron chi connectivity index (χ4n) is 3.27. The maximum atomic E-state index is 4.69. The minimum absolute atomic E-state index is 0.483. The van der Waals surface area contributed by atoms with Gasteiger partial charge in [-0.25, -0.2) is 15.0 Å². The number of aryl methyl sites for hydroxylation is 1. The van der Waals surface area contributed by atoms with Crippen LogP contribution in [0.5, 0.6) is 0 Å². The molecule has 1 aliphatic heterocycles. The highest BCUT2D eigenvalue weighted by molar-refractivity contribution is 5.39. The highest BCUT2D eigenvalue weighted by Gasteiger charge is 2.20. The van der Waals surface area contributed by atoms with Crippen LogP contribution < -0.4 is 5.32 Å². The Hall–Kier alpha value is -2.47. The predicted molar refractivity (Wildman–Crippen MR) is 93.9 cm³/mol. The summed E-state index contributed by atoms with van der Waals surface area (Å²) in [4.78, 5) is 15.6. The molecule has 4 heterocycles. The number of hydrogen-bond acceptors (Lipinski definition) is 5. The van der Waals surface area contributed by atoms with Gasteiger partial charge in [0, 0.05) is 49.8 Å². The SMILES string of the molecule is Cc1cc(NC2CCN(Cc3cn4ccccc4n3)CC2)ncn1. The second-order valence-corrected chi connectivity index (χ2v) is 6.44. The minimum atomic E-state index is 0.483. The van der Waals surface area contributed by atoms with Crippen LogP contribution in [0.1, 0.15) is 24.2 Å². The molecule has 1 N–H and O–H groups in total. The van der Waals surface area contributed by atoms with E-state index in [-0.39, 0.29) is 0 Å². The Kier molecular flexibility index (Phi) is 4.13. The molecule has 0 aliphatic carbocycles. The molecule has 24 heavy (non-hydrogen) atoms. The van der Waals surface area contributed by atoms with Gasteiger partial charge in [-0.15, -0.1) is 0 Å². The molecule has 124 valence electrons.